The first kappa shape index (κ1) is 18.1. The van der Waals surface area contributed by atoms with Crippen LogP contribution in [-0.2, 0) is 22.7 Å². The van der Waals surface area contributed by atoms with E-state index in [0.29, 0.717) is 32.5 Å². The SMILES string of the molecule is Cc1cc(C)n(CCC(=O)N[C@@H]2CC(=O)N(Cc3ccc(F)cc3)C2)n1. The number of carbonyl (C=O) groups is 2. The Kier molecular flexibility index (Phi) is 5.35. The van der Waals surface area contributed by atoms with E-state index in [1.54, 1.807) is 17.0 Å². The molecule has 1 aliphatic rings. The van der Waals surface area contributed by atoms with Gasteiger partial charge in [0.25, 0.3) is 0 Å². The van der Waals surface area contributed by atoms with E-state index in [1.165, 1.54) is 12.1 Å². The smallest absolute Gasteiger partial charge is 0.225 e. The van der Waals surface area contributed by atoms with Crippen LogP contribution in [0.25, 0.3) is 0 Å². The summed E-state index contributed by atoms with van der Waals surface area (Å²) in [6.45, 7) is 5.30. The fourth-order valence-electron chi connectivity index (χ4n) is 3.24. The number of halogens is 1. The Morgan fingerprint density at radius 1 is 1.31 bits per heavy atom. The molecule has 2 heterocycles. The minimum Gasteiger partial charge on any atom is -0.351 e. The maximum atomic E-state index is 13.0. The summed E-state index contributed by atoms with van der Waals surface area (Å²) in [5.74, 6) is -0.383. The molecule has 1 saturated heterocycles. The van der Waals surface area contributed by atoms with E-state index in [9.17, 15) is 14.0 Å². The van der Waals surface area contributed by atoms with E-state index in [4.69, 9.17) is 0 Å². The Morgan fingerprint density at radius 3 is 2.69 bits per heavy atom. The summed E-state index contributed by atoms with van der Waals surface area (Å²) in [4.78, 5) is 26.0. The van der Waals surface area contributed by atoms with E-state index >= 15 is 0 Å². The number of nitrogens with one attached hydrogen (secondary N) is 1. The van der Waals surface area contributed by atoms with E-state index in [-0.39, 0.29) is 23.7 Å². The van der Waals surface area contributed by atoms with Crippen LogP contribution in [0.3, 0.4) is 0 Å². The van der Waals surface area contributed by atoms with Crippen molar-refractivity contribution in [3.63, 3.8) is 0 Å². The number of carbonyl (C=O) groups excluding carboxylic acids is 2. The van der Waals surface area contributed by atoms with Gasteiger partial charge in [-0.3, -0.25) is 14.3 Å². The average molecular weight is 358 g/mol. The van der Waals surface area contributed by atoms with Gasteiger partial charge in [0.05, 0.1) is 11.7 Å². The van der Waals surface area contributed by atoms with Gasteiger partial charge in [0, 0.05) is 38.2 Å². The normalized spacial score (nSPS) is 17.0. The standard InChI is InChI=1S/C19H23FN4O2/c1-13-9-14(2)24(22-13)8-7-18(25)21-17-10-19(26)23(12-17)11-15-3-5-16(20)6-4-15/h3-6,9,17H,7-8,10-12H2,1-2H3,(H,21,25)/t17-/m1/s1. The van der Waals surface area contributed by atoms with Crippen LogP contribution in [0.2, 0.25) is 0 Å². The van der Waals surface area contributed by atoms with Gasteiger partial charge in [-0.15, -0.1) is 0 Å². The van der Waals surface area contributed by atoms with Crippen molar-refractivity contribution in [3.8, 4) is 0 Å². The van der Waals surface area contributed by atoms with Gasteiger partial charge in [-0.05, 0) is 37.6 Å². The molecule has 6 nitrogen and oxygen atoms in total. The first-order valence-corrected chi connectivity index (χ1v) is 8.73. The Hall–Kier alpha value is -2.70. The first-order valence-electron chi connectivity index (χ1n) is 8.73. The highest BCUT2D eigenvalue weighted by atomic mass is 19.1. The number of aromatic nitrogens is 2. The molecule has 0 unspecified atom stereocenters. The number of aryl methyl sites for hydroxylation is 3. The summed E-state index contributed by atoms with van der Waals surface area (Å²) < 4.78 is 14.8. The molecular weight excluding hydrogens is 335 g/mol. The molecular formula is C19H23FN4O2. The maximum Gasteiger partial charge on any atom is 0.225 e. The number of hydrogen-bond donors (Lipinski definition) is 1. The fraction of sp³-hybridized carbons (Fsp3) is 0.421. The van der Waals surface area contributed by atoms with Crippen LogP contribution in [0.4, 0.5) is 4.39 Å². The zero-order valence-corrected chi connectivity index (χ0v) is 15.0. The molecule has 1 N–H and O–H groups in total. The molecule has 1 fully saturated rings. The van der Waals surface area contributed by atoms with Crippen molar-refractivity contribution in [1.29, 1.82) is 0 Å². The van der Waals surface area contributed by atoms with Gasteiger partial charge in [-0.2, -0.15) is 5.10 Å². The lowest BCUT2D eigenvalue weighted by Gasteiger charge is -2.17. The first-order chi connectivity index (χ1) is 12.4. The second kappa shape index (κ2) is 7.68. The molecule has 1 aliphatic heterocycles. The lowest BCUT2D eigenvalue weighted by molar-refractivity contribution is -0.128. The third-order valence-electron chi connectivity index (χ3n) is 4.52. The molecule has 1 aromatic carbocycles. The van der Waals surface area contributed by atoms with Crippen LogP contribution < -0.4 is 5.32 Å². The number of hydrogen-bond acceptors (Lipinski definition) is 3. The van der Waals surface area contributed by atoms with Gasteiger partial charge in [0.15, 0.2) is 0 Å². The van der Waals surface area contributed by atoms with Gasteiger partial charge in [-0.25, -0.2) is 4.39 Å². The van der Waals surface area contributed by atoms with Crippen molar-refractivity contribution in [3.05, 3.63) is 53.1 Å². The molecule has 0 aliphatic carbocycles. The minimum absolute atomic E-state index is 0.00169. The van der Waals surface area contributed by atoms with E-state index in [1.807, 2.05) is 24.6 Å². The van der Waals surface area contributed by atoms with Crippen molar-refractivity contribution in [1.82, 2.24) is 20.0 Å². The van der Waals surface area contributed by atoms with Crippen LogP contribution in [-0.4, -0.2) is 39.1 Å². The zero-order chi connectivity index (χ0) is 18.7. The van der Waals surface area contributed by atoms with Gasteiger partial charge >= 0.3 is 0 Å². The molecule has 0 radical (unpaired) electrons. The Balaban J connectivity index is 1.48. The maximum absolute atomic E-state index is 13.0. The van der Waals surface area contributed by atoms with Crippen LogP contribution in [0, 0.1) is 19.7 Å². The van der Waals surface area contributed by atoms with Crippen LogP contribution in [0.1, 0.15) is 29.8 Å². The molecule has 0 bridgehead atoms. The van der Waals surface area contributed by atoms with Gasteiger partial charge < -0.3 is 10.2 Å². The summed E-state index contributed by atoms with van der Waals surface area (Å²) in [7, 11) is 0. The molecule has 1 aromatic heterocycles. The van der Waals surface area contributed by atoms with Gasteiger partial charge in [-0.1, -0.05) is 12.1 Å². The molecule has 26 heavy (non-hydrogen) atoms. The van der Waals surface area contributed by atoms with Crippen LogP contribution in [0.15, 0.2) is 30.3 Å². The molecule has 0 saturated carbocycles. The third-order valence-corrected chi connectivity index (χ3v) is 4.52. The molecule has 138 valence electrons. The average Bonchev–Trinajstić information content (AvgIpc) is 3.09. The lowest BCUT2D eigenvalue weighted by atomic mass is 10.2. The van der Waals surface area contributed by atoms with Gasteiger partial charge in [0.2, 0.25) is 11.8 Å². The number of nitrogens with zero attached hydrogens (tertiary/aromatic N) is 3. The molecule has 3 rings (SSSR count). The number of benzene rings is 1. The van der Waals surface area contributed by atoms with Crippen molar-refractivity contribution < 1.29 is 14.0 Å². The minimum atomic E-state index is -0.297. The highest BCUT2D eigenvalue weighted by Crippen LogP contribution is 2.16. The van der Waals surface area contributed by atoms with Gasteiger partial charge in [0.1, 0.15) is 5.82 Å². The van der Waals surface area contributed by atoms with Crippen LogP contribution >= 0.6 is 0 Å². The summed E-state index contributed by atoms with van der Waals surface area (Å²) in [5, 5.41) is 7.27. The largest absolute Gasteiger partial charge is 0.351 e. The van der Waals surface area contributed by atoms with E-state index in [0.717, 1.165) is 17.0 Å². The highest BCUT2D eigenvalue weighted by Gasteiger charge is 2.30. The Bertz CT molecular complexity index is 800. The van der Waals surface area contributed by atoms with Crippen molar-refractivity contribution in [2.24, 2.45) is 0 Å². The molecule has 0 spiro atoms. The number of likely N-dealkylation sites (tertiary alicyclic amines) is 1. The zero-order valence-electron chi connectivity index (χ0n) is 15.0. The third kappa shape index (κ3) is 4.47. The summed E-state index contributed by atoms with van der Waals surface area (Å²) in [6, 6.07) is 7.89. The van der Waals surface area contributed by atoms with E-state index in [2.05, 4.69) is 10.4 Å². The highest BCUT2D eigenvalue weighted by molar-refractivity contribution is 5.82. The number of rotatable bonds is 6. The van der Waals surface area contributed by atoms with Crippen molar-refractivity contribution in [2.75, 3.05) is 6.54 Å². The van der Waals surface area contributed by atoms with Crippen LogP contribution in [0.5, 0.6) is 0 Å². The lowest BCUT2D eigenvalue weighted by Crippen LogP contribution is -2.37. The van der Waals surface area contributed by atoms with Crippen molar-refractivity contribution in [2.45, 2.75) is 45.8 Å². The topological polar surface area (TPSA) is 67.2 Å². The van der Waals surface area contributed by atoms with Crippen molar-refractivity contribution >= 4 is 11.8 Å². The fourth-order valence-corrected chi connectivity index (χ4v) is 3.24. The Morgan fingerprint density at radius 2 is 2.04 bits per heavy atom. The molecule has 2 aromatic rings. The second-order valence-electron chi connectivity index (χ2n) is 6.77. The molecule has 7 heteroatoms. The molecule has 2 amide bonds. The predicted molar refractivity (Wildman–Crippen MR) is 94.7 cm³/mol. The summed E-state index contributed by atoms with van der Waals surface area (Å²) in [5.41, 5.74) is 2.83. The van der Waals surface area contributed by atoms with E-state index < -0.39 is 0 Å². The Labute approximate surface area is 152 Å². The quantitative estimate of drug-likeness (QED) is 0.858. The predicted octanol–water partition coefficient (Wildman–Crippen LogP) is 1.95. The summed E-state index contributed by atoms with van der Waals surface area (Å²) in [6.07, 6.45) is 0.622. The molecule has 1 atom stereocenters. The number of amides is 2. The summed E-state index contributed by atoms with van der Waals surface area (Å²) >= 11 is 0. The monoisotopic (exact) mass is 358 g/mol. The second-order valence-corrected chi connectivity index (χ2v) is 6.77.